The number of pyridine rings is 1. The Balaban J connectivity index is 0.00000169. The van der Waals surface area contributed by atoms with Gasteiger partial charge in [-0.05, 0) is 43.0 Å². The van der Waals surface area contributed by atoms with Crippen LogP contribution in [-0.2, 0) is 4.79 Å². The monoisotopic (exact) mass is 402 g/mol. The van der Waals surface area contributed by atoms with E-state index in [-0.39, 0.29) is 24.8 Å². The predicted molar refractivity (Wildman–Crippen MR) is 108 cm³/mol. The van der Waals surface area contributed by atoms with Crippen molar-refractivity contribution < 1.29 is 10.0 Å². The first kappa shape index (κ1) is 22.7. The predicted octanol–water partition coefficient (Wildman–Crippen LogP) is 3.26. The van der Waals surface area contributed by atoms with Gasteiger partial charge in [-0.15, -0.1) is 24.8 Å². The summed E-state index contributed by atoms with van der Waals surface area (Å²) in [5.41, 5.74) is 2.38. The fourth-order valence-electron chi connectivity index (χ4n) is 3.69. The number of carbonyl (C=O) groups excluding carboxylic acids is 1. The minimum atomic E-state index is -0.550. The lowest BCUT2D eigenvalue weighted by Crippen LogP contribution is -2.36. The number of carbonyl (C=O) groups is 1. The van der Waals surface area contributed by atoms with Gasteiger partial charge in [0.05, 0.1) is 0 Å². The quantitative estimate of drug-likeness (QED) is 0.400. The van der Waals surface area contributed by atoms with Gasteiger partial charge in [0.1, 0.15) is 5.82 Å². The Bertz CT molecular complexity index is 577. The van der Waals surface area contributed by atoms with Gasteiger partial charge in [-0.3, -0.25) is 14.9 Å². The molecule has 3 N–H and O–H groups in total. The minimum absolute atomic E-state index is 0. The van der Waals surface area contributed by atoms with Gasteiger partial charge in [0.25, 0.3) is 5.91 Å². The maximum atomic E-state index is 11.0. The van der Waals surface area contributed by atoms with Crippen molar-refractivity contribution in [1.29, 1.82) is 0 Å². The van der Waals surface area contributed by atoms with Crippen LogP contribution in [0.25, 0.3) is 6.08 Å². The molecule has 1 aromatic rings. The van der Waals surface area contributed by atoms with Gasteiger partial charge in [-0.2, -0.15) is 0 Å². The third-order valence-electron chi connectivity index (χ3n) is 4.99. The molecule has 2 heterocycles. The highest BCUT2D eigenvalue weighted by atomic mass is 35.5. The second kappa shape index (κ2) is 11.4. The molecular weight excluding hydrogens is 375 g/mol. The average molecular weight is 403 g/mol. The summed E-state index contributed by atoms with van der Waals surface area (Å²) < 4.78 is 0. The summed E-state index contributed by atoms with van der Waals surface area (Å²) in [7, 11) is 0. The van der Waals surface area contributed by atoms with Crippen molar-refractivity contribution in [3.8, 4) is 0 Å². The molecule has 1 amide bonds. The Labute approximate surface area is 167 Å². The number of nitrogens with one attached hydrogen (secondary N) is 2. The summed E-state index contributed by atoms with van der Waals surface area (Å²) in [5, 5.41) is 12.0. The Hall–Kier alpha value is -1.34. The average Bonchev–Trinajstić information content (AvgIpc) is 3.10. The Morgan fingerprint density at radius 3 is 2.62 bits per heavy atom. The second-order valence-corrected chi connectivity index (χ2v) is 6.70. The molecule has 26 heavy (non-hydrogen) atoms. The fourth-order valence-corrected chi connectivity index (χ4v) is 3.69. The second-order valence-electron chi connectivity index (χ2n) is 6.70. The van der Waals surface area contributed by atoms with Gasteiger partial charge in [0.15, 0.2) is 0 Å². The van der Waals surface area contributed by atoms with E-state index in [4.69, 9.17) is 5.21 Å². The van der Waals surface area contributed by atoms with Crippen LogP contribution in [0.15, 0.2) is 24.4 Å². The summed E-state index contributed by atoms with van der Waals surface area (Å²) in [6, 6.07) is 5.08. The maximum Gasteiger partial charge on any atom is 0.267 e. The molecule has 8 heteroatoms. The normalized spacial score (nSPS) is 21.0. The number of hydroxylamine groups is 1. The minimum Gasteiger partial charge on any atom is -0.366 e. The topological polar surface area (TPSA) is 77.5 Å². The molecule has 1 saturated heterocycles. The summed E-state index contributed by atoms with van der Waals surface area (Å²) in [5.74, 6) is 0.320. The Kier molecular flexibility index (Phi) is 9.94. The molecule has 2 aliphatic rings. The zero-order valence-electron chi connectivity index (χ0n) is 14.8. The summed E-state index contributed by atoms with van der Waals surface area (Å²) in [6.45, 7) is 2.28. The molecule has 146 valence electrons. The molecular formula is C18H28Cl2N4O2. The van der Waals surface area contributed by atoms with Crippen LogP contribution in [0.5, 0.6) is 0 Å². The van der Waals surface area contributed by atoms with Crippen LogP contribution in [0.2, 0.25) is 0 Å². The number of likely N-dealkylation sites (tertiary alicyclic amines) is 1. The van der Waals surface area contributed by atoms with E-state index in [1.165, 1.54) is 44.7 Å². The van der Waals surface area contributed by atoms with E-state index in [2.05, 4.69) is 15.2 Å². The smallest absolute Gasteiger partial charge is 0.267 e. The molecule has 6 nitrogen and oxygen atoms in total. The fraction of sp³-hybridized carbons (Fsp3) is 0.556. The van der Waals surface area contributed by atoms with Gasteiger partial charge in [-0.1, -0.05) is 19.3 Å². The van der Waals surface area contributed by atoms with Crippen molar-refractivity contribution in [3.05, 3.63) is 30.0 Å². The Morgan fingerprint density at radius 2 is 1.96 bits per heavy atom. The number of halogens is 2. The number of hydrogen-bond acceptors (Lipinski definition) is 5. The molecule has 0 aromatic carbocycles. The highest BCUT2D eigenvalue weighted by Gasteiger charge is 2.28. The third-order valence-corrected chi connectivity index (χ3v) is 4.99. The van der Waals surface area contributed by atoms with Gasteiger partial charge in [0.2, 0.25) is 0 Å². The van der Waals surface area contributed by atoms with E-state index in [1.54, 1.807) is 17.8 Å². The van der Waals surface area contributed by atoms with E-state index in [0.29, 0.717) is 6.04 Å². The van der Waals surface area contributed by atoms with Gasteiger partial charge >= 0.3 is 0 Å². The Morgan fingerprint density at radius 1 is 1.19 bits per heavy atom. The first-order valence-electron chi connectivity index (χ1n) is 8.83. The SMILES string of the molecule is Cl.Cl.O=C(C=Cc1ccc(N[C@@H]2CCN(C3CCCCC3)C2)nc1)NO. The van der Waals surface area contributed by atoms with Crippen molar-refractivity contribution in [3.63, 3.8) is 0 Å². The molecule has 0 unspecified atom stereocenters. The maximum absolute atomic E-state index is 11.0. The van der Waals surface area contributed by atoms with Gasteiger partial charge in [-0.25, -0.2) is 10.5 Å². The highest BCUT2D eigenvalue weighted by molar-refractivity contribution is 5.90. The number of hydrogen-bond donors (Lipinski definition) is 3. The van der Waals surface area contributed by atoms with E-state index < -0.39 is 5.91 Å². The summed E-state index contributed by atoms with van der Waals surface area (Å²) in [4.78, 5) is 18.0. The zero-order chi connectivity index (χ0) is 16.8. The largest absolute Gasteiger partial charge is 0.366 e. The van der Waals surface area contributed by atoms with Crippen LogP contribution >= 0.6 is 24.8 Å². The lowest BCUT2D eigenvalue weighted by molar-refractivity contribution is -0.124. The molecule has 1 aliphatic carbocycles. The van der Waals surface area contributed by atoms with Crippen LogP contribution in [0.3, 0.4) is 0 Å². The number of nitrogens with zero attached hydrogens (tertiary/aromatic N) is 2. The number of amides is 1. The number of anilines is 1. The van der Waals surface area contributed by atoms with Crippen molar-refractivity contribution in [2.75, 3.05) is 18.4 Å². The van der Waals surface area contributed by atoms with E-state index in [1.807, 2.05) is 12.1 Å². The molecule has 1 saturated carbocycles. The van der Waals surface area contributed by atoms with Crippen molar-refractivity contribution in [2.24, 2.45) is 0 Å². The molecule has 2 fully saturated rings. The standard InChI is InChI=1S/C18H26N4O2.2ClH/c23-18(21-24)9-7-14-6-8-17(19-12-14)20-15-10-11-22(13-15)16-4-2-1-3-5-16;;/h6-9,12,15-16,24H,1-5,10-11,13H2,(H,19,20)(H,21,23);2*1H/t15-;;/m1../s1. The zero-order valence-corrected chi connectivity index (χ0v) is 16.4. The van der Waals surface area contributed by atoms with E-state index >= 15 is 0 Å². The highest BCUT2D eigenvalue weighted by Crippen LogP contribution is 2.26. The number of rotatable bonds is 5. The summed E-state index contributed by atoms with van der Waals surface area (Å²) in [6.07, 6.45) is 12.6. The molecule has 1 aromatic heterocycles. The van der Waals surface area contributed by atoms with Crippen LogP contribution in [-0.4, -0.2) is 46.2 Å². The molecule has 1 aliphatic heterocycles. The van der Waals surface area contributed by atoms with Crippen LogP contribution in [0.1, 0.15) is 44.1 Å². The number of aromatic nitrogens is 1. The van der Waals surface area contributed by atoms with Crippen molar-refractivity contribution in [2.45, 2.75) is 50.6 Å². The first-order valence-corrected chi connectivity index (χ1v) is 8.83. The van der Waals surface area contributed by atoms with Crippen LogP contribution in [0.4, 0.5) is 5.82 Å². The molecule has 1 atom stereocenters. The van der Waals surface area contributed by atoms with Crippen molar-refractivity contribution in [1.82, 2.24) is 15.4 Å². The molecule has 3 rings (SSSR count). The van der Waals surface area contributed by atoms with Gasteiger partial charge in [0, 0.05) is 37.4 Å². The molecule has 0 radical (unpaired) electrons. The van der Waals surface area contributed by atoms with E-state index in [0.717, 1.165) is 30.4 Å². The van der Waals surface area contributed by atoms with Crippen LogP contribution in [0, 0.1) is 0 Å². The van der Waals surface area contributed by atoms with Gasteiger partial charge < -0.3 is 5.32 Å². The summed E-state index contributed by atoms with van der Waals surface area (Å²) >= 11 is 0. The van der Waals surface area contributed by atoms with Crippen molar-refractivity contribution >= 4 is 42.6 Å². The lowest BCUT2D eigenvalue weighted by Gasteiger charge is -2.31. The first-order chi connectivity index (χ1) is 11.7. The van der Waals surface area contributed by atoms with E-state index in [9.17, 15) is 4.79 Å². The molecule has 0 bridgehead atoms. The molecule has 0 spiro atoms. The third kappa shape index (κ3) is 6.43. The lowest BCUT2D eigenvalue weighted by atomic mass is 9.94. The van der Waals surface area contributed by atoms with Crippen LogP contribution < -0.4 is 10.8 Å².